The number of amides is 1. The van der Waals surface area contributed by atoms with Crippen LogP contribution in [0.2, 0.25) is 0 Å². The van der Waals surface area contributed by atoms with Crippen LogP contribution >= 0.6 is 0 Å². The number of hydrazine groups is 1. The zero-order valence-corrected chi connectivity index (χ0v) is 10.8. The molecule has 0 bridgehead atoms. The van der Waals surface area contributed by atoms with Crippen molar-refractivity contribution >= 4 is 12.1 Å². The van der Waals surface area contributed by atoms with Crippen molar-refractivity contribution < 1.29 is 13.9 Å². The van der Waals surface area contributed by atoms with Crippen molar-refractivity contribution in [3.63, 3.8) is 0 Å². The van der Waals surface area contributed by atoms with Crippen molar-refractivity contribution in [1.29, 1.82) is 0 Å². The van der Waals surface area contributed by atoms with Crippen LogP contribution in [0.4, 0.5) is 4.39 Å². The first-order valence-electron chi connectivity index (χ1n) is 6.48. The van der Waals surface area contributed by atoms with Gasteiger partial charge in [0, 0.05) is 17.5 Å². The summed E-state index contributed by atoms with van der Waals surface area (Å²) in [6.45, 7) is 0.634. The lowest BCUT2D eigenvalue weighted by Crippen LogP contribution is -2.38. The van der Waals surface area contributed by atoms with Gasteiger partial charge in [0.1, 0.15) is 5.82 Å². The average Bonchev–Trinajstić information content (AvgIpc) is 2.48. The minimum absolute atomic E-state index is 0.146. The second-order valence-corrected chi connectivity index (χ2v) is 4.72. The van der Waals surface area contributed by atoms with E-state index in [4.69, 9.17) is 0 Å². The Kier molecular flexibility index (Phi) is 3.29. The molecule has 0 radical (unpaired) electrons. The molecule has 0 aliphatic carbocycles. The summed E-state index contributed by atoms with van der Waals surface area (Å²) in [5.74, 6) is -0.369. The van der Waals surface area contributed by atoms with Crippen molar-refractivity contribution in [1.82, 2.24) is 5.43 Å². The van der Waals surface area contributed by atoms with E-state index in [0.717, 1.165) is 11.1 Å². The van der Waals surface area contributed by atoms with Crippen LogP contribution in [-0.4, -0.2) is 23.4 Å². The number of nitrogens with zero attached hydrogens (tertiary/aromatic N) is 1. The number of halogens is 1. The summed E-state index contributed by atoms with van der Waals surface area (Å²) in [6, 6.07) is 13.8. The fourth-order valence-electron chi connectivity index (χ4n) is 2.26. The van der Waals surface area contributed by atoms with Gasteiger partial charge in [-0.05, 0) is 35.9 Å². The average molecular weight is 269 g/mol. The summed E-state index contributed by atoms with van der Waals surface area (Å²) in [4.78, 5) is 12.0. The van der Waals surface area contributed by atoms with Crippen LogP contribution in [-0.2, 0) is 6.42 Å². The highest BCUT2D eigenvalue weighted by atomic mass is 19.1. The molecule has 0 unspecified atom stereocenters. The molecular weight excluding hydrogens is 255 g/mol. The third-order valence-electron chi connectivity index (χ3n) is 3.30. The molecule has 100 valence electrons. The number of nitrogens with one attached hydrogen (secondary N) is 1. The molecule has 1 aliphatic rings. The molecule has 1 heterocycles. The molecule has 4 heteroatoms. The van der Waals surface area contributed by atoms with Crippen molar-refractivity contribution in [2.45, 2.75) is 6.42 Å². The number of hydrogen-bond donors (Lipinski definition) is 1. The molecule has 1 amide bonds. The molecule has 2 aromatic carbocycles. The second-order valence-electron chi connectivity index (χ2n) is 4.72. The lowest BCUT2D eigenvalue weighted by molar-refractivity contribution is -0.568. The fraction of sp³-hybridized carbons (Fsp3) is 0.125. The van der Waals surface area contributed by atoms with Crippen molar-refractivity contribution in [2.24, 2.45) is 0 Å². The molecule has 20 heavy (non-hydrogen) atoms. The van der Waals surface area contributed by atoms with Gasteiger partial charge in [-0.15, -0.1) is 10.1 Å². The quantitative estimate of drug-likeness (QED) is 0.832. The Bertz CT molecular complexity index is 680. The van der Waals surface area contributed by atoms with Gasteiger partial charge < -0.3 is 0 Å². The minimum Gasteiger partial charge on any atom is -0.264 e. The van der Waals surface area contributed by atoms with E-state index in [2.05, 4.69) is 5.43 Å². The smallest absolute Gasteiger partial charge is 0.264 e. The van der Waals surface area contributed by atoms with Gasteiger partial charge in [0.25, 0.3) is 0 Å². The van der Waals surface area contributed by atoms with Crippen LogP contribution < -0.4 is 5.43 Å². The van der Waals surface area contributed by atoms with E-state index < -0.39 is 0 Å². The topological polar surface area (TPSA) is 32.1 Å². The van der Waals surface area contributed by atoms with Gasteiger partial charge in [-0.25, -0.2) is 4.39 Å². The van der Waals surface area contributed by atoms with Gasteiger partial charge in [0.15, 0.2) is 6.54 Å². The Labute approximate surface area is 116 Å². The number of carbonyl (C=O) groups excluding carboxylic acids is 1. The molecule has 0 saturated heterocycles. The van der Waals surface area contributed by atoms with E-state index in [-0.39, 0.29) is 11.7 Å². The number of rotatable bonds is 2. The van der Waals surface area contributed by atoms with Crippen LogP contribution in [0, 0.1) is 5.82 Å². The summed E-state index contributed by atoms with van der Waals surface area (Å²) >= 11 is 0. The minimum atomic E-state index is -0.223. The van der Waals surface area contributed by atoms with Crippen LogP contribution in [0.25, 0.3) is 0 Å². The van der Waals surface area contributed by atoms with Gasteiger partial charge in [0.2, 0.25) is 6.21 Å². The maximum Gasteiger partial charge on any atom is 0.304 e. The number of fused-ring (bicyclic) bond motifs is 1. The molecule has 2 aromatic rings. The molecule has 0 aromatic heterocycles. The second kappa shape index (κ2) is 5.25. The van der Waals surface area contributed by atoms with E-state index in [1.165, 1.54) is 6.07 Å². The first-order chi connectivity index (χ1) is 9.72. The number of hydrogen-bond acceptors (Lipinski definition) is 1. The van der Waals surface area contributed by atoms with Crippen LogP contribution in [0.5, 0.6) is 0 Å². The number of benzene rings is 2. The molecule has 0 atom stereocenters. The monoisotopic (exact) mass is 269 g/mol. The summed E-state index contributed by atoms with van der Waals surface area (Å²) in [5.41, 5.74) is 5.36. The Balaban J connectivity index is 1.79. The summed E-state index contributed by atoms with van der Waals surface area (Å²) < 4.78 is 14.9. The van der Waals surface area contributed by atoms with Crippen molar-refractivity contribution in [2.75, 3.05) is 6.54 Å². The van der Waals surface area contributed by atoms with E-state index in [1.54, 1.807) is 28.9 Å². The molecule has 3 nitrogen and oxygen atoms in total. The van der Waals surface area contributed by atoms with Crippen molar-refractivity contribution in [3.8, 4) is 0 Å². The van der Waals surface area contributed by atoms with Crippen molar-refractivity contribution in [3.05, 3.63) is 71.0 Å². The van der Waals surface area contributed by atoms with Gasteiger partial charge in [-0.3, -0.25) is 4.79 Å². The zero-order valence-electron chi connectivity index (χ0n) is 10.8. The zero-order chi connectivity index (χ0) is 13.9. The first-order valence-corrected chi connectivity index (χ1v) is 6.48. The highest BCUT2D eigenvalue weighted by molar-refractivity contribution is 5.93. The normalized spacial score (nSPS) is 13.3. The van der Waals surface area contributed by atoms with E-state index >= 15 is 0 Å². The predicted molar refractivity (Wildman–Crippen MR) is 74.3 cm³/mol. The Hall–Kier alpha value is -2.49. The number of carbonyl (C=O) groups is 1. The Morgan fingerprint density at radius 3 is 2.75 bits per heavy atom. The van der Waals surface area contributed by atoms with E-state index in [9.17, 15) is 9.18 Å². The van der Waals surface area contributed by atoms with Gasteiger partial charge >= 0.3 is 5.91 Å². The van der Waals surface area contributed by atoms with Crippen LogP contribution in [0.15, 0.2) is 48.5 Å². The predicted octanol–water partition coefficient (Wildman–Crippen LogP) is 2.16. The van der Waals surface area contributed by atoms with Gasteiger partial charge in [0.05, 0.1) is 0 Å². The summed E-state index contributed by atoms with van der Waals surface area (Å²) in [6.07, 6.45) is 2.54. The van der Waals surface area contributed by atoms with Crippen LogP contribution in [0.3, 0.4) is 0 Å². The molecule has 1 aliphatic heterocycles. The molecule has 1 N–H and O–H groups in total. The van der Waals surface area contributed by atoms with E-state index in [1.807, 2.05) is 24.4 Å². The summed E-state index contributed by atoms with van der Waals surface area (Å²) in [5, 5.41) is 0. The SMILES string of the molecule is O=C(N[N+]1=Cc2ccc(F)cc2CC1)c1ccccc1. The fourth-order valence-corrected chi connectivity index (χ4v) is 2.26. The first kappa shape index (κ1) is 12.5. The maximum absolute atomic E-state index is 13.1. The standard InChI is InChI=1S/C16H13FN2O/c17-15-7-6-14-11-19(9-8-13(14)10-15)18-16(20)12-4-2-1-3-5-12/h1-7,10-11H,8-9H2/p+1. The van der Waals surface area contributed by atoms with Crippen LogP contribution in [0.1, 0.15) is 21.5 Å². The van der Waals surface area contributed by atoms with Gasteiger partial charge in [-0.2, -0.15) is 0 Å². The van der Waals surface area contributed by atoms with E-state index in [0.29, 0.717) is 18.5 Å². The third-order valence-corrected chi connectivity index (χ3v) is 3.30. The number of hydrazone groups is 1. The third kappa shape index (κ3) is 2.59. The Morgan fingerprint density at radius 2 is 1.95 bits per heavy atom. The van der Waals surface area contributed by atoms with Gasteiger partial charge in [-0.1, -0.05) is 18.2 Å². The maximum atomic E-state index is 13.1. The molecular formula is C16H14FN2O+. The molecule has 0 saturated carbocycles. The Morgan fingerprint density at radius 1 is 1.15 bits per heavy atom. The highest BCUT2D eigenvalue weighted by Gasteiger charge is 2.19. The lowest BCUT2D eigenvalue weighted by atomic mass is 10.0. The summed E-state index contributed by atoms with van der Waals surface area (Å²) in [7, 11) is 0. The molecule has 3 rings (SSSR count). The lowest BCUT2D eigenvalue weighted by Gasteiger charge is -2.12. The molecule has 0 fully saturated rings. The molecule has 0 spiro atoms. The largest absolute Gasteiger partial charge is 0.304 e. The highest BCUT2D eigenvalue weighted by Crippen LogP contribution is 2.13.